The topological polar surface area (TPSA) is 104 Å². The molecule has 6 nitrogen and oxygen atoms in total. The Hall–Kier alpha value is -1.24. The number of allylic oxidation sites excluding steroid dienone is 1. The van der Waals surface area contributed by atoms with Crippen molar-refractivity contribution in [1.29, 1.82) is 0 Å². The molecule has 0 aliphatic rings. The molecule has 0 aliphatic heterocycles. The maximum atomic E-state index is 11.4. The second-order valence-electron chi connectivity index (χ2n) is 7.01. The van der Waals surface area contributed by atoms with Gasteiger partial charge in [0.25, 0.3) is 0 Å². The highest BCUT2D eigenvalue weighted by atomic mass is 16.6. The Labute approximate surface area is 163 Å². The van der Waals surface area contributed by atoms with Crippen molar-refractivity contribution in [2.24, 2.45) is 0 Å². The molecule has 0 saturated carbocycles. The molecule has 0 aromatic rings. The van der Waals surface area contributed by atoms with Gasteiger partial charge in [-0.1, -0.05) is 64.0 Å². The number of hydrogen-bond donors (Lipinski definition) is 3. The predicted molar refractivity (Wildman–Crippen MR) is 105 cm³/mol. The zero-order chi connectivity index (χ0) is 20.3. The summed E-state index contributed by atoms with van der Waals surface area (Å²) in [5, 5.41) is 27.4. The number of carbonyl (C=O) groups excluding carboxylic acids is 2. The predicted octanol–water partition coefficient (Wildman–Crippen LogP) is 3.42. The molecule has 0 aromatic carbocycles. The highest BCUT2D eigenvalue weighted by molar-refractivity contribution is 5.87. The third-order valence-electron chi connectivity index (χ3n) is 4.38. The third kappa shape index (κ3) is 16.6. The first-order valence-corrected chi connectivity index (χ1v) is 10.4. The molecule has 0 rings (SSSR count). The molecule has 0 bridgehead atoms. The van der Waals surface area contributed by atoms with Crippen molar-refractivity contribution < 1.29 is 29.6 Å². The molecular weight excluding hydrogens is 348 g/mol. The quantitative estimate of drug-likeness (QED) is 0.153. The van der Waals surface area contributed by atoms with Gasteiger partial charge in [-0.05, 0) is 32.1 Å². The monoisotopic (exact) mass is 386 g/mol. The number of rotatable bonds is 17. The molecule has 0 saturated heterocycles. The van der Waals surface area contributed by atoms with Gasteiger partial charge in [-0.3, -0.25) is 4.79 Å². The fourth-order valence-electron chi connectivity index (χ4n) is 2.66. The second-order valence-corrected chi connectivity index (χ2v) is 7.01. The van der Waals surface area contributed by atoms with Gasteiger partial charge in [0.05, 0.1) is 12.7 Å². The van der Waals surface area contributed by atoms with Crippen molar-refractivity contribution in [2.75, 3.05) is 6.61 Å². The lowest BCUT2D eigenvalue weighted by molar-refractivity contribution is -0.167. The first kappa shape index (κ1) is 25.8. The summed E-state index contributed by atoms with van der Waals surface area (Å²) in [5.41, 5.74) is 0. The standard InChI is InChI=1S/C21H38O6/c1-2-3-4-11-14-18(23)15-12-9-7-5-6-8-10-13-16-20(25)27-21(26)19(24)17-22/h9,12,18-19,22-24H,2-8,10-11,13-17H2,1H3. The summed E-state index contributed by atoms with van der Waals surface area (Å²) in [6.07, 6.45) is 14.5. The molecular formula is C21H38O6. The van der Waals surface area contributed by atoms with Crippen LogP contribution in [0.5, 0.6) is 0 Å². The van der Waals surface area contributed by atoms with Crippen molar-refractivity contribution in [3.8, 4) is 0 Å². The normalized spacial score (nSPS) is 13.6. The molecule has 0 heterocycles. The van der Waals surface area contributed by atoms with E-state index < -0.39 is 24.6 Å². The van der Waals surface area contributed by atoms with Crippen molar-refractivity contribution in [3.05, 3.63) is 12.2 Å². The number of ether oxygens (including phenoxy) is 1. The lowest BCUT2D eigenvalue weighted by atomic mass is 10.1. The molecule has 3 N–H and O–H groups in total. The highest BCUT2D eigenvalue weighted by Gasteiger charge is 2.18. The Kier molecular flexibility index (Phi) is 17.3. The van der Waals surface area contributed by atoms with Gasteiger partial charge in [0, 0.05) is 6.42 Å². The largest absolute Gasteiger partial charge is 0.393 e. The summed E-state index contributed by atoms with van der Waals surface area (Å²) in [7, 11) is 0. The third-order valence-corrected chi connectivity index (χ3v) is 4.38. The van der Waals surface area contributed by atoms with Gasteiger partial charge in [-0.25, -0.2) is 4.79 Å². The summed E-state index contributed by atoms with van der Waals surface area (Å²) >= 11 is 0. The van der Waals surface area contributed by atoms with E-state index in [-0.39, 0.29) is 12.5 Å². The van der Waals surface area contributed by atoms with Crippen LogP contribution in [0.4, 0.5) is 0 Å². The van der Waals surface area contributed by atoms with Crippen LogP contribution in [-0.2, 0) is 14.3 Å². The van der Waals surface area contributed by atoms with Crippen molar-refractivity contribution in [3.63, 3.8) is 0 Å². The smallest absolute Gasteiger partial charge is 0.345 e. The van der Waals surface area contributed by atoms with E-state index >= 15 is 0 Å². The molecule has 158 valence electrons. The van der Waals surface area contributed by atoms with Crippen LogP contribution in [0.3, 0.4) is 0 Å². The van der Waals surface area contributed by atoms with Gasteiger partial charge < -0.3 is 20.1 Å². The number of hydrogen-bond acceptors (Lipinski definition) is 6. The number of aliphatic hydroxyl groups is 3. The van der Waals surface area contributed by atoms with Crippen LogP contribution < -0.4 is 0 Å². The fraction of sp³-hybridized carbons (Fsp3) is 0.810. The molecule has 0 amide bonds. The average Bonchev–Trinajstić information content (AvgIpc) is 2.65. The summed E-state index contributed by atoms with van der Waals surface area (Å²) in [5.74, 6) is -1.76. The minimum Gasteiger partial charge on any atom is -0.393 e. The zero-order valence-corrected chi connectivity index (χ0v) is 16.8. The Bertz CT molecular complexity index is 407. The van der Waals surface area contributed by atoms with E-state index in [1.807, 2.05) is 0 Å². The molecule has 0 aromatic heterocycles. The lowest BCUT2D eigenvalue weighted by Gasteiger charge is -2.07. The highest BCUT2D eigenvalue weighted by Crippen LogP contribution is 2.11. The van der Waals surface area contributed by atoms with Crippen LogP contribution in [0.1, 0.15) is 90.4 Å². The van der Waals surface area contributed by atoms with E-state index in [9.17, 15) is 14.7 Å². The Balaban J connectivity index is 3.46. The van der Waals surface area contributed by atoms with Gasteiger partial charge in [-0.2, -0.15) is 0 Å². The zero-order valence-electron chi connectivity index (χ0n) is 16.8. The fourth-order valence-corrected chi connectivity index (χ4v) is 2.66. The van der Waals surface area contributed by atoms with E-state index in [1.54, 1.807) is 0 Å². The second kappa shape index (κ2) is 18.1. The molecule has 6 heteroatoms. The van der Waals surface area contributed by atoms with Crippen LogP contribution in [-0.4, -0.2) is 46.1 Å². The Morgan fingerprint density at radius 2 is 1.59 bits per heavy atom. The summed E-state index contributed by atoms with van der Waals surface area (Å²) in [4.78, 5) is 22.5. The van der Waals surface area contributed by atoms with Gasteiger partial charge >= 0.3 is 11.9 Å². The number of unbranched alkanes of at least 4 members (excludes halogenated alkanes) is 8. The molecule has 0 radical (unpaired) electrons. The van der Waals surface area contributed by atoms with E-state index in [0.29, 0.717) is 6.42 Å². The minimum absolute atomic E-state index is 0.139. The molecule has 27 heavy (non-hydrogen) atoms. The van der Waals surface area contributed by atoms with Crippen molar-refractivity contribution in [2.45, 2.75) is 103 Å². The maximum absolute atomic E-state index is 11.4. The Morgan fingerprint density at radius 1 is 0.926 bits per heavy atom. The van der Waals surface area contributed by atoms with Crippen LogP contribution in [0.15, 0.2) is 12.2 Å². The molecule has 0 aliphatic carbocycles. The number of aliphatic hydroxyl groups excluding tert-OH is 3. The first-order valence-electron chi connectivity index (χ1n) is 10.4. The molecule has 0 spiro atoms. The van der Waals surface area contributed by atoms with Gasteiger partial charge in [0.1, 0.15) is 0 Å². The number of esters is 2. The summed E-state index contributed by atoms with van der Waals surface area (Å²) in [6.45, 7) is 1.43. The van der Waals surface area contributed by atoms with Crippen LogP contribution in [0.25, 0.3) is 0 Å². The molecule has 2 unspecified atom stereocenters. The lowest BCUT2D eigenvalue weighted by Crippen LogP contribution is -2.28. The van der Waals surface area contributed by atoms with Gasteiger partial charge in [0.2, 0.25) is 0 Å². The maximum Gasteiger partial charge on any atom is 0.345 e. The van der Waals surface area contributed by atoms with E-state index in [4.69, 9.17) is 10.2 Å². The van der Waals surface area contributed by atoms with Crippen molar-refractivity contribution in [1.82, 2.24) is 0 Å². The summed E-state index contributed by atoms with van der Waals surface area (Å²) < 4.78 is 4.41. The van der Waals surface area contributed by atoms with E-state index in [2.05, 4.69) is 23.8 Å². The minimum atomic E-state index is -1.65. The van der Waals surface area contributed by atoms with Crippen LogP contribution >= 0.6 is 0 Å². The van der Waals surface area contributed by atoms with Gasteiger partial charge in [-0.15, -0.1) is 0 Å². The molecule has 2 atom stereocenters. The first-order chi connectivity index (χ1) is 13.0. The Morgan fingerprint density at radius 3 is 2.30 bits per heavy atom. The average molecular weight is 387 g/mol. The molecule has 0 fully saturated rings. The van der Waals surface area contributed by atoms with Crippen LogP contribution in [0, 0.1) is 0 Å². The van der Waals surface area contributed by atoms with Crippen LogP contribution in [0.2, 0.25) is 0 Å². The van der Waals surface area contributed by atoms with E-state index in [0.717, 1.165) is 51.4 Å². The number of carbonyl (C=O) groups is 2. The van der Waals surface area contributed by atoms with E-state index in [1.165, 1.54) is 19.3 Å². The summed E-state index contributed by atoms with van der Waals surface area (Å²) in [6, 6.07) is 0. The SMILES string of the molecule is CCCCCCC(O)CC=CCCCCCCCC(=O)OC(=O)C(O)CO. The van der Waals surface area contributed by atoms with Crippen molar-refractivity contribution >= 4 is 11.9 Å². The van der Waals surface area contributed by atoms with Gasteiger partial charge in [0.15, 0.2) is 6.10 Å².